The summed E-state index contributed by atoms with van der Waals surface area (Å²) in [6, 6.07) is 8.28. The average molecular weight is 345 g/mol. The van der Waals surface area contributed by atoms with Gasteiger partial charge >= 0.3 is 0 Å². The lowest BCUT2D eigenvalue weighted by Gasteiger charge is -2.32. The minimum Gasteiger partial charge on any atom is -0.364 e. The Bertz CT molecular complexity index is 691. The first kappa shape index (κ1) is 16.0. The van der Waals surface area contributed by atoms with Crippen molar-refractivity contribution >= 4 is 27.5 Å². The van der Waals surface area contributed by atoms with Gasteiger partial charge in [0, 0.05) is 25.6 Å². The Hall–Kier alpha value is -1.50. The zero-order chi connectivity index (χ0) is 16.5. The number of carbonyl (C=O) groups excluding carboxylic acids is 1. The molecule has 0 aliphatic carbocycles. The molecule has 3 heterocycles. The van der Waals surface area contributed by atoms with Crippen molar-refractivity contribution in [1.29, 1.82) is 0 Å². The van der Waals surface area contributed by atoms with Gasteiger partial charge in [0.2, 0.25) is 0 Å². The van der Waals surface area contributed by atoms with Crippen molar-refractivity contribution in [1.82, 2.24) is 9.88 Å². The molecule has 2 aromatic rings. The molecular weight excluding hydrogens is 322 g/mol. The molecule has 128 valence electrons. The average Bonchev–Trinajstić information content (AvgIpc) is 3.28. The molecule has 0 unspecified atom stereocenters. The number of thiazole rings is 1. The Morgan fingerprint density at radius 2 is 2.04 bits per heavy atom. The monoisotopic (exact) mass is 345 g/mol. The fourth-order valence-corrected chi connectivity index (χ4v) is 4.81. The number of nitrogens with two attached hydrogens (primary N) is 1. The molecule has 1 amide bonds. The molecule has 6 heteroatoms. The Labute approximate surface area is 145 Å². The maximum atomic E-state index is 12.6. The van der Waals surface area contributed by atoms with E-state index >= 15 is 0 Å². The number of ether oxygens (including phenoxy) is 1. The van der Waals surface area contributed by atoms with E-state index in [1.165, 1.54) is 9.71 Å². The third kappa shape index (κ3) is 3.06. The third-order valence-electron chi connectivity index (χ3n) is 5.11. The first-order chi connectivity index (χ1) is 11.7. The van der Waals surface area contributed by atoms with Crippen molar-refractivity contribution in [3.8, 4) is 0 Å². The molecule has 2 aliphatic heterocycles. The SMILES string of the molecule is NC[C@H]1CC[C@@H](C(=O)N2CCC(c3nc4ccccc4s3)CC2)O1. The molecular formula is C18H23N3O2S. The third-order valence-corrected chi connectivity index (χ3v) is 6.31. The maximum Gasteiger partial charge on any atom is 0.251 e. The van der Waals surface area contributed by atoms with Gasteiger partial charge in [-0.25, -0.2) is 4.98 Å². The lowest BCUT2D eigenvalue weighted by molar-refractivity contribution is -0.143. The second kappa shape index (κ2) is 6.78. The van der Waals surface area contributed by atoms with Gasteiger partial charge in [-0.05, 0) is 37.8 Å². The number of para-hydroxylation sites is 1. The van der Waals surface area contributed by atoms with Crippen LogP contribution >= 0.6 is 11.3 Å². The van der Waals surface area contributed by atoms with Crippen molar-refractivity contribution in [2.75, 3.05) is 19.6 Å². The Morgan fingerprint density at radius 3 is 2.75 bits per heavy atom. The molecule has 4 rings (SSSR count). The van der Waals surface area contributed by atoms with Crippen LogP contribution in [0.15, 0.2) is 24.3 Å². The normalized spacial score (nSPS) is 25.5. The molecule has 2 fully saturated rings. The standard InChI is InChI=1S/C18H23N3O2S/c19-11-13-5-6-15(23-13)18(22)21-9-7-12(8-10-21)17-20-14-3-1-2-4-16(14)24-17/h1-4,12-13,15H,5-11,19H2/t13-,15+/m1/s1. The van der Waals surface area contributed by atoms with E-state index in [0.29, 0.717) is 12.5 Å². The van der Waals surface area contributed by atoms with Gasteiger partial charge in [-0.15, -0.1) is 11.3 Å². The second-order valence-electron chi connectivity index (χ2n) is 6.68. The minimum absolute atomic E-state index is 0.0548. The zero-order valence-corrected chi connectivity index (χ0v) is 14.5. The van der Waals surface area contributed by atoms with Gasteiger partial charge in [-0.1, -0.05) is 12.1 Å². The van der Waals surface area contributed by atoms with Crippen LogP contribution < -0.4 is 5.73 Å². The summed E-state index contributed by atoms with van der Waals surface area (Å²) in [5.41, 5.74) is 6.72. The van der Waals surface area contributed by atoms with Gasteiger partial charge in [0.05, 0.1) is 21.3 Å². The van der Waals surface area contributed by atoms with Crippen molar-refractivity contribution in [3.05, 3.63) is 29.3 Å². The first-order valence-corrected chi connectivity index (χ1v) is 9.56. The number of carbonyl (C=O) groups is 1. The maximum absolute atomic E-state index is 12.6. The topological polar surface area (TPSA) is 68.5 Å². The second-order valence-corrected chi connectivity index (χ2v) is 7.74. The smallest absolute Gasteiger partial charge is 0.251 e. The van der Waals surface area contributed by atoms with Gasteiger partial charge in [0.1, 0.15) is 6.10 Å². The van der Waals surface area contributed by atoms with E-state index in [1.807, 2.05) is 11.0 Å². The van der Waals surface area contributed by atoms with E-state index < -0.39 is 0 Å². The van der Waals surface area contributed by atoms with Crippen LogP contribution in [0, 0.1) is 0 Å². The number of nitrogens with zero attached hydrogens (tertiary/aromatic N) is 2. The molecule has 24 heavy (non-hydrogen) atoms. The zero-order valence-electron chi connectivity index (χ0n) is 13.7. The molecule has 0 saturated carbocycles. The highest BCUT2D eigenvalue weighted by Crippen LogP contribution is 2.34. The van der Waals surface area contributed by atoms with Gasteiger partial charge in [0.15, 0.2) is 0 Å². The summed E-state index contributed by atoms with van der Waals surface area (Å²) in [5, 5.41) is 1.21. The molecule has 5 nitrogen and oxygen atoms in total. The van der Waals surface area contributed by atoms with Crippen molar-refractivity contribution in [2.24, 2.45) is 5.73 Å². The number of rotatable bonds is 3. The minimum atomic E-state index is -0.280. The van der Waals surface area contributed by atoms with Crippen LogP contribution in [0.2, 0.25) is 0 Å². The summed E-state index contributed by atoms with van der Waals surface area (Å²) in [6.45, 7) is 2.10. The summed E-state index contributed by atoms with van der Waals surface area (Å²) in [5.74, 6) is 0.612. The number of aromatic nitrogens is 1. The van der Waals surface area contributed by atoms with Crippen LogP contribution in [-0.4, -0.2) is 47.6 Å². The van der Waals surface area contributed by atoms with E-state index in [1.54, 1.807) is 11.3 Å². The highest BCUT2D eigenvalue weighted by Gasteiger charge is 2.34. The molecule has 0 radical (unpaired) electrons. The highest BCUT2D eigenvalue weighted by molar-refractivity contribution is 7.18. The van der Waals surface area contributed by atoms with Crippen molar-refractivity contribution in [2.45, 2.75) is 43.8 Å². The largest absolute Gasteiger partial charge is 0.364 e. The molecule has 2 N–H and O–H groups in total. The summed E-state index contributed by atoms with van der Waals surface area (Å²) < 4.78 is 7.00. The number of amides is 1. The lowest BCUT2D eigenvalue weighted by atomic mass is 9.97. The summed E-state index contributed by atoms with van der Waals surface area (Å²) in [4.78, 5) is 19.3. The van der Waals surface area contributed by atoms with E-state index in [0.717, 1.165) is 44.3 Å². The van der Waals surface area contributed by atoms with Crippen molar-refractivity contribution in [3.63, 3.8) is 0 Å². The van der Waals surface area contributed by atoms with Gasteiger partial charge in [-0.2, -0.15) is 0 Å². The number of likely N-dealkylation sites (tertiary alicyclic amines) is 1. The number of fused-ring (bicyclic) bond motifs is 1. The van der Waals surface area contributed by atoms with Crippen LogP contribution in [0.5, 0.6) is 0 Å². The van der Waals surface area contributed by atoms with E-state index in [-0.39, 0.29) is 18.1 Å². The quantitative estimate of drug-likeness (QED) is 0.928. The predicted octanol–water partition coefficient (Wildman–Crippen LogP) is 2.51. The van der Waals surface area contributed by atoms with Crippen molar-refractivity contribution < 1.29 is 9.53 Å². The van der Waals surface area contributed by atoms with Gasteiger partial charge in [-0.3, -0.25) is 4.79 Å². The van der Waals surface area contributed by atoms with Crippen LogP contribution in [0.3, 0.4) is 0 Å². The highest BCUT2D eigenvalue weighted by atomic mass is 32.1. The molecule has 0 bridgehead atoms. The number of benzene rings is 1. The van der Waals surface area contributed by atoms with E-state index in [4.69, 9.17) is 15.5 Å². The fourth-order valence-electron chi connectivity index (χ4n) is 3.68. The molecule has 2 saturated heterocycles. The molecule has 2 atom stereocenters. The molecule has 1 aromatic carbocycles. The van der Waals surface area contributed by atoms with Gasteiger partial charge in [0.25, 0.3) is 5.91 Å². The predicted molar refractivity (Wildman–Crippen MR) is 95.1 cm³/mol. The van der Waals surface area contributed by atoms with Crippen LogP contribution in [-0.2, 0) is 9.53 Å². The summed E-state index contributed by atoms with van der Waals surface area (Å²) >= 11 is 1.79. The van der Waals surface area contributed by atoms with Gasteiger partial charge < -0.3 is 15.4 Å². The number of piperidine rings is 1. The lowest BCUT2D eigenvalue weighted by Crippen LogP contribution is -2.43. The molecule has 1 aromatic heterocycles. The number of hydrogen-bond acceptors (Lipinski definition) is 5. The summed E-state index contributed by atoms with van der Waals surface area (Å²) in [6.07, 6.45) is 3.45. The molecule has 0 spiro atoms. The Balaban J connectivity index is 1.37. The number of hydrogen-bond donors (Lipinski definition) is 1. The van der Waals surface area contributed by atoms with E-state index in [9.17, 15) is 4.79 Å². The summed E-state index contributed by atoms with van der Waals surface area (Å²) in [7, 11) is 0. The Kier molecular flexibility index (Phi) is 4.52. The fraction of sp³-hybridized carbons (Fsp3) is 0.556. The Morgan fingerprint density at radius 1 is 1.25 bits per heavy atom. The van der Waals surface area contributed by atoms with Crippen LogP contribution in [0.1, 0.15) is 36.6 Å². The first-order valence-electron chi connectivity index (χ1n) is 8.74. The molecule has 2 aliphatic rings. The van der Waals surface area contributed by atoms with Crippen LogP contribution in [0.25, 0.3) is 10.2 Å². The van der Waals surface area contributed by atoms with Crippen LogP contribution in [0.4, 0.5) is 0 Å². The van der Waals surface area contributed by atoms with E-state index in [2.05, 4.69) is 18.2 Å².